The summed E-state index contributed by atoms with van der Waals surface area (Å²) in [5.74, 6) is -0.875. The zero-order chi connectivity index (χ0) is 21.7. The van der Waals surface area contributed by atoms with E-state index in [9.17, 15) is 4.79 Å². The van der Waals surface area contributed by atoms with Crippen LogP contribution in [0.15, 0.2) is 24.3 Å². The maximum Gasteiger partial charge on any atom is 0.335 e. The van der Waals surface area contributed by atoms with Crippen LogP contribution >= 0.6 is 0 Å². The van der Waals surface area contributed by atoms with Crippen molar-refractivity contribution in [2.24, 2.45) is 0 Å². The fraction of sp³-hybridized carbons (Fsp3) is 0.731. The molecule has 1 aromatic carbocycles. The molecule has 168 valence electrons. The summed E-state index contributed by atoms with van der Waals surface area (Å²) in [7, 11) is 4.34. The molecule has 0 aliphatic heterocycles. The lowest BCUT2D eigenvalue weighted by Crippen LogP contribution is -2.12. The highest BCUT2D eigenvalue weighted by molar-refractivity contribution is 5.87. The van der Waals surface area contributed by atoms with E-state index in [2.05, 4.69) is 25.9 Å². The molecule has 0 aliphatic rings. The van der Waals surface area contributed by atoms with Crippen LogP contribution in [0.2, 0.25) is 0 Å². The lowest BCUT2D eigenvalue weighted by molar-refractivity contribution is 0.0697. The van der Waals surface area contributed by atoms with Crippen LogP contribution in [0, 0.1) is 6.92 Å². The van der Waals surface area contributed by atoms with Gasteiger partial charge < -0.3 is 10.0 Å². The van der Waals surface area contributed by atoms with Crippen LogP contribution in [0.25, 0.3) is 0 Å². The van der Waals surface area contributed by atoms with Crippen molar-refractivity contribution in [1.82, 2.24) is 4.90 Å². The fourth-order valence-electron chi connectivity index (χ4n) is 3.32. The molecule has 1 N–H and O–H groups in total. The molecular weight excluding hydrogens is 358 g/mol. The molecule has 0 saturated heterocycles. The smallest absolute Gasteiger partial charge is 0.335 e. The second-order valence-electron chi connectivity index (χ2n) is 8.57. The molecule has 29 heavy (non-hydrogen) atoms. The van der Waals surface area contributed by atoms with E-state index in [1.165, 1.54) is 96.4 Å². The summed E-state index contributed by atoms with van der Waals surface area (Å²) in [4.78, 5) is 12.6. The second kappa shape index (κ2) is 19.9. The molecule has 1 aromatic rings. The summed E-state index contributed by atoms with van der Waals surface area (Å²) in [6.45, 7) is 5.48. The Bertz CT molecular complexity index is 482. The average molecular weight is 406 g/mol. The van der Waals surface area contributed by atoms with Crippen LogP contribution in [0.1, 0.15) is 113 Å². The molecule has 3 nitrogen and oxygen atoms in total. The largest absolute Gasteiger partial charge is 0.478 e. The van der Waals surface area contributed by atoms with Gasteiger partial charge in [-0.1, -0.05) is 108 Å². The number of aromatic carboxylic acids is 1. The van der Waals surface area contributed by atoms with Crippen molar-refractivity contribution in [2.75, 3.05) is 20.6 Å². The number of hydrogen-bond acceptors (Lipinski definition) is 2. The number of rotatable bonds is 16. The third kappa shape index (κ3) is 19.7. The van der Waals surface area contributed by atoms with Gasteiger partial charge in [0.15, 0.2) is 0 Å². The number of carboxylic acids is 1. The van der Waals surface area contributed by atoms with E-state index < -0.39 is 5.97 Å². The topological polar surface area (TPSA) is 40.5 Å². The predicted molar refractivity (Wildman–Crippen MR) is 127 cm³/mol. The fourth-order valence-corrected chi connectivity index (χ4v) is 3.32. The zero-order valence-electron chi connectivity index (χ0n) is 19.7. The van der Waals surface area contributed by atoms with E-state index in [-0.39, 0.29) is 0 Å². The minimum absolute atomic E-state index is 0.339. The van der Waals surface area contributed by atoms with Crippen molar-refractivity contribution < 1.29 is 9.90 Å². The normalized spacial score (nSPS) is 10.7. The molecular formula is C26H47NO2. The van der Waals surface area contributed by atoms with Crippen molar-refractivity contribution in [1.29, 1.82) is 0 Å². The number of hydrogen-bond donors (Lipinski definition) is 1. The lowest BCUT2D eigenvalue weighted by atomic mass is 10.0. The van der Waals surface area contributed by atoms with E-state index >= 15 is 0 Å². The highest BCUT2D eigenvalue weighted by Gasteiger charge is 1.98. The molecule has 3 heteroatoms. The first kappa shape index (κ1) is 27.6. The van der Waals surface area contributed by atoms with Gasteiger partial charge in [-0.25, -0.2) is 4.79 Å². The minimum atomic E-state index is -0.875. The van der Waals surface area contributed by atoms with Gasteiger partial charge in [0.05, 0.1) is 5.56 Å². The first-order valence-electron chi connectivity index (χ1n) is 11.9. The molecule has 0 heterocycles. The highest BCUT2D eigenvalue weighted by Crippen LogP contribution is 2.12. The van der Waals surface area contributed by atoms with Crippen LogP contribution in [-0.2, 0) is 0 Å². The standard InChI is InChI=1S/C18H39N.C8H8O2/c1-4-5-6-7-8-9-10-11-12-13-14-15-16-17-18-19(2)3;1-6-2-4-7(5-3-6)8(9)10/h4-18H2,1-3H3;2-5H,1H3,(H,9,10). The van der Waals surface area contributed by atoms with Crippen molar-refractivity contribution in [2.45, 2.75) is 104 Å². The number of benzene rings is 1. The van der Waals surface area contributed by atoms with Gasteiger partial charge in [-0.2, -0.15) is 0 Å². The Morgan fingerprint density at radius 1 is 0.724 bits per heavy atom. The minimum Gasteiger partial charge on any atom is -0.478 e. The Morgan fingerprint density at radius 2 is 1.10 bits per heavy atom. The third-order valence-electron chi connectivity index (χ3n) is 5.26. The first-order chi connectivity index (χ1) is 14.0. The molecule has 0 amide bonds. The molecule has 0 saturated carbocycles. The van der Waals surface area contributed by atoms with Crippen LogP contribution in [0.4, 0.5) is 0 Å². The summed E-state index contributed by atoms with van der Waals surface area (Å²) >= 11 is 0. The first-order valence-corrected chi connectivity index (χ1v) is 11.9. The Balaban J connectivity index is 0.000000651. The summed E-state index contributed by atoms with van der Waals surface area (Å²) < 4.78 is 0. The SMILES string of the molecule is CCCCCCCCCCCCCCCCN(C)C.Cc1ccc(C(=O)O)cc1. The summed E-state index contributed by atoms with van der Waals surface area (Å²) in [5.41, 5.74) is 1.41. The van der Waals surface area contributed by atoms with Crippen LogP contribution in [-0.4, -0.2) is 36.6 Å². The van der Waals surface area contributed by atoms with Gasteiger partial charge in [0.1, 0.15) is 0 Å². The van der Waals surface area contributed by atoms with Gasteiger partial charge in [0.2, 0.25) is 0 Å². The average Bonchev–Trinajstić information content (AvgIpc) is 2.69. The van der Waals surface area contributed by atoms with E-state index in [1.54, 1.807) is 24.3 Å². The zero-order valence-corrected chi connectivity index (χ0v) is 19.7. The summed E-state index contributed by atoms with van der Waals surface area (Å²) in [6, 6.07) is 6.75. The van der Waals surface area contributed by atoms with Crippen molar-refractivity contribution in [3.8, 4) is 0 Å². The van der Waals surface area contributed by atoms with Crippen molar-refractivity contribution in [3.05, 3.63) is 35.4 Å². The van der Waals surface area contributed by atoms with Crippen molar-refractivity contribution in [3.63, 3.8) is 0 Å². The van der Waals surface area contributed by atoms with E-state index in [1.807, 2.05) is 6.92 Å². The maximum absolute atomic E-state index is 10.3. The molecule has 0 unspecified atom stereocenters. The number of nitrogens with zero attached hydrogens (tertiary/aromatic N) is 1. The molecule has 0 aromatic heterocycles. The van der Waals surface area contributed by atoms with E-state index in [0.29, 0.717) is 5.56 Å². The van der Waals surface area contributed by atoms with Gasteiger partial charge in [-0.05, 0) is 46.1 Å². The number of aryl methyl sites for hydroxylation is 1. The quantitative estimate of drug-likeness (QED) is 0.286. The van der Waals surface area contributed by atoms with Gasteiger partial charge in [-0.15, -0.1) is 0 Å². The Labute approximate surface area is 180 Å². The Morgan fingerprint density at radius 3 is 1.45 bits per heavy atom. The molecule has 0 atom stereocenters. The predicted octanol–water partition coefficient (Wildman–Crippen LogP) is 7.72. The maximum atomic E-state index is 10.3. The molecule has 0 aliphatic carbocycles. The highest BCUT2D eigenvalue weighted by atomic mass is 16.4. The van der Waals surface area contributed by atoms with Gasteiger partial charge in [0.25, 0.3) is 0 Å². The monoisotopic (exact) mass is 405 g/mol. The second-order valence-corrected chi connectivity index (χ2v) is 8.57. The van der Waals surface area contributed by atoms with Gasteiger partial charge >= 0.3 is 5.97 Å². The summed E-state index contributed by atoms with van der Waals surface area (Å²) in [6.07, 6.45) is 20.3. The molecule has 1 rings (SSSR count). The molecule has 0 bridgehead atoms. The third-order valence-corrected chi connectivity index (χ3v) is 5.26. The summed E-state index contributed by atoms with van der Waals surface area (Å²) in [5, 5.41) is 8.48. The van der Waals surface area contributed by atoms with Gasteiger partial charge in [-0.3, -0.25) is 0 Å². The molecule has 0 fully saturated rings. The number of unbranched alkanes of at least 4 members (excludes halogenated alkanes) is 13. The van der Waals surface area contributed by atoms with E-state index in [0.717, 1.165) is 5.56 Å². The number of carbonyl (C=O) groups is 1. The van der Waals surface area contributed by atoms with Crippen LogP contribution < -0.4 is 0 Å². The lowest BCUT2D eigenvalue weighted by Gasteiger charge is -2.08. The Hall–Kier alpha value is -1.35. The van der Waals surface area contributed by atoms with Gasteiger partial charge in [0, 0.05) is 0 Å². The van der Waals surface area contributed by atoms with E-state index in [4.69, 9.17) is 5.11 Å². The Kier molecular flexibility index (Phi) is 19.0. The molecule has 0 spiro atoms. The van der Waals surface area contributed by atoms with Crippen LogP contribution in [0.3, 0.4) is 0 Å². The van der Waals surface area contributed by atoms with Crippen LogP contribution in [0.5, 0.6) is 0 Å². The van der Waals surface area contributed by atoms with Crippen molar-refractivity contribution >= 4 is 5.97 Å². The number of carboxylic acid groups (broad SMARTS) is 1. The molecule has 0 radical (unpaired) electrons.